The minimum absolute atomic E-state index is 0.141. The van der Waals surface area contributed by atoms with Gasteiger partial charge in [0.25, 0.3) is 0 Å². The van der Waals surface area contributed by atoms with Gasteiger partial charge in [0, 0.05) is 6.92 Å². The van der Waals surface area contributed by atoms with Crippen molar-refractivity contribution in [3.8, 4) is 0 Å². The van der Waals surface area contributed by atoms with E-state index in [2.05, 4.69) is 6.92 Å². The van der Waals surface area contributed by atoms with Crippen LogP contribution in [-0.2, 0) is 4.74 Å². The number of rotatable bonds is 9. The maximum Gasteiger partial charge on any atom is 0.348 e. The lowest BCUT2D eigenvalue weighted by atomic mass is 10.1. The van der Waals surface area contributed by atoms with Crippen molar-refractivity contribution in [2.24, 2.45) is 0 Å². The first-order chi connectivity index (χ1) is 7.61. The second-order valence-electron chi connectivity index (χ2n) is 4.83. The lowest BCUT2D eigenvalue weighted by Gasteiger charge is -2.00. The summed E-state index contributed by atoms with van der Waals surface area (Å²) >= 11 is 0. The second kappa shape index (κ2) is 6.18. The summed E-state index contributed by atoms with van der Waals surface area (Å²) in [6.07, 6.45) is 9.40. The quantitative estimate of drug-likeness (QED) is 0.263. The highest BCUT2D eigenvalue weighted by Crippen LogP contribution is 2.39. The maximum atomic E-state index is 10.6. The van der Waals surface area contributed by atoms with Crippen molar-refractivity contribution in [2.75, 3.05) is 0 Å². The van der Waals surface area contributed by atoms with E-state index in [-0.39, 0.29) is 11.0 Å². The van der Waals surface area contributed by atoms with E-state index in [1.807, 2.05) is 0 Å². The normalized spacial score (nSPS) is 28.0. The van der Waals surface area contributed by atoms with Crippen LogP contribution >= 0.6 is 0 Å². The highest BCUT2D eigenvalue weighted by Gasteiger charge is 2.64. The molecule has 1 rings (SSSR count). The minimum Gasteiger partial charge on any atom is -0.299 e. The van der Waals surface area contributed by atoms with Gasteiger partial charge in [-0.05, 0) is 6.42 Å². The average molecular weight is 229 g/mol. The Labute approximate surface area is 97.5 Å². The Balaban J connectivity index is 1.92. The topological polar surface area (TPSA) is 55.7 Å². The highest BCUT2D eigenvalue weighted by atomic mass is 16.7. The molecule has 2 unspecified atom stereocenters. The molecule has 16 heavy (non-hydrogen) atoms. The smallest absolute Gasteiger partial charge is 0.299 e. The first-order valence-electron chi connectivity index (χ1n) is 6.43. The molecule has 0 aliphatic carbocycles. The fourth-order valence-corrected chi connectivity index (χ4v) is 2.03. The predicted octanol–water partition coefficient (Wildman–Crippen LogP) is 3.52. The Morgan fingerprint density at radius 2 is 1.75 bits per heavy atom. The van der Waals surface area contributed by atoms with Gasteiger partial charge < -0.3 is 0 Å². The summed E-state index contributed by atoms with van der Waals surface area (Å²) in [5, 5.41) is 10.6. The van der Waals surface area contributed by atoms with Crippen LogP contribution in [0.3, 0.4) is 0 Å². The summed E-state index contributed by atoms with van der Waals surface area (Å²) in [5.41, 5.74) is -1.07. The number of unbranched alkanes of at least 4 members (excludes halogenated alkanes) is 6. The molecule has 0 saturated carbocycles. The van der Waals surface area contributed by atoms with Crippen molar-refractivity contribution in [2.45, 2.75) is 77.0 Å². The second-order valence-corrected chi connectivity index (χ2v) is 4.83. The van der Waals surface area contributed by atoms with Gasteiger partial charge in [-0.1, -0.05) is 51.9 Å². The molecule has 0 radical (unpaired) electrons. The van der Waals surface area contributed by atoms with Crippen LogP contribution in [0.1, 0.15) is 65.2 Å². The Hall–Kier alpha value is -0.640. The number of epoxide rings is 1. The van der Waals surface area contributed by atoms with E-state index in [0.29, 0.717) is 0 Å². The average Bonchev–Trinajstić information content (AvgIpc) is 2.90. The fourth-order valence-electron chi connectivity index (χ4n) is 2.03. The van der Waals surface area contributed by atoms with Gasteiger partial charge in [-0.2, -0.15) is 0 Å². The Morgan fingerprint density at radius 1 is 1.19 bits per heavy atom. The van der Waals surface area contributed by atoms with Crippen molar-refractivity contribution in [3.05, 3.63) is 10.1 Å². The molecular weight excluding hydrogens is 206 g/mol. The van der Waals surface area contributed by atoms with Gasteiger partial charge in [0.1, 0.15) is 0 Å². The van der Waals surface area contributed by atoms with Gasteiger partial charge >= 0.3 is 5.72 Å². The van der Waals surface area contributed by atoms with E-state index < -0.39 is 5.72 Å². The SMILES string of the molecule is CCCCCCCCCC1OC1(C)[N+](=O)[O-]. The summed E-state index contributed by atoms with van der Waals surface area (Å²) in [6, 6.07) is 0. The van der Waals surface area contributed by atoms with E-state index >= 15 is 0 Å². The number of ether oxygens (including phenoxy) is 1. The van der Waals surface area contributed by atoms with Crippen molar-refractivity contribution in [1.82, 2.24) is 0 Å². The molecule has 0 amide bonds. The first kappa shape index (κ1) is 13.4. The third kappa shape index (κ3) is 3.74. The van der Waals surface area contributed by atoms with E-state index in [1.54, 1.807) is 6.92 Å². The van der Waals surface area contributed by atoms with E-state index in [4.69, 9.17) is 4.74 Å². The Bertz CT molecular complexity index is 232. The number of nitrogens with zero attached hydrogens (tertiary/aromatic N) is 1. The largest absolute Gasteiger partial charge is 0.348 e. The summed E-state index contributed by atoms with van der Waals surface area (Å²) in [4.78, 5) is 10.3. The molecule has 0 N–H and O–H groups in total. The molecule has 4 nitrogen and oxygen atoms in total. The van der Waals surface area contributed by atoms with Crippen LogP contribution < -0.4 is 0 Å². The molecule has 4 heteroatoms. The molecule has 94 valence electrons. The van der Waals surface area contributed by atoms with Gasteiger partial charge in [-0.3, -0.25) is 14.9 Å². The van der Waals surface area contributed by atoms with Crippen molar-refractivity contribution in [1.29, 1.82) is 0 Å². The molecule has 1 saturated heterocycles. The third-order valence-corrected chi connectivity index (χ3v) is 3.35. The molecule has 1 fully saturated rings. The molecule has 0 aromatic rings. The number of hydrogen-bond donors (Lipinski definition) is 0. The van der Waals surface area contributed by atoms with Gasteiger partial charge in [-0.15, -0.1) is 0 Å². The van der Waals surface area contributed by atoms with Crippen molar-refractivity contribution in [3.63, 3.8) is 0 Å². The summed E-state index contributed by atoms with van der Waals surface area (Å²) in [6.45, 7) is 3.78. The van der Waals surface area contributed by atoms with Crippen LogP contribution in [0.15, 0.2) is 0 Å². The maximum absolute atomic E-state index is 10.6. The molecule has 1 aliphatic heterocycles. The zero-order valence-corrected chi connectivity index (χ0v) is 10.4. The van der Waals surface area contributed by atoms with E-state index in [0.717, 1.165) is 12.8 Å². The Kier molecular flexibility index (Phi) is 5.19. The highest BCUT2D eigenvalue weighted by molar-refractivity contribution is 4.89. The van der Waals surface area contributed by atoms with Gasteiger partial charge in [0.15, 0.2) is 6.10 Å². The molecule has 1 aliphatic rings. The molecule has 0 aromatic carbocycles. The lowest BCUT2D eigenvalue weighted by molar-refractivity contribution is -0.558. The lowest BCUT2D eigenvalue weighted by Crippen LogP contribution is -2.21. The number of hydrogen-bond acceptors (Lipinski definition) is 3. The summed E-state index contributed by atoms with van der Waals surface area (Å²) in [7, 11) is 0. The molecule has 0 spiro atoms. The summed E-state index contributed by atoms with van der Waals surface area (Å²) < 4.78 is 5.11. The molecule has 2 atom stereocenters. The standard InChI is InChI=1S/C12H23NO3/c1-3-4-5-6-7-8-9-10-11-12(2,16-11)13(14)15/h11H,3-10H2,1-2H3. The zero-order valence-electron chi connectivity index (χ0n) is 10.4. The van der Waals surface area contributed by atoms with Gasteiger partial charge in [0.05, 0.1) is 4.92 Å². The molecule has 1 heterocycles. The van der Waals surface area contributed by atoms with E-state index in [9.17, 15) is 10.1 Å². The zero-order chi connectivity index (χ0) is 12.0. The van der Waals surface area contributed by atoms with Crippen molar-refractivity contribution < 1.29 is 9.66 Å². The van der Waals surface area contributed by atoms with E-state index in [1.165, 1.54) is 38.5 Å². The predicted molar refractivity (Wildman–Crippen MR) is 62.9 cm³/mol. The molecular formula is C12H23NO3. The van der Waals surface area contributed by atoms with Crippen molar-refractivity contribution >= 4 is 0 Å². The van der Waals surface area contributed by atoms with Gasteiger partial charge in [0.2, 0.25) is 0 Å². The van der Waals surface area contributed by atoms with Crippen LogP contribution in [0.25, 0.3) is 0 Å². The fraction of sp³-hybridized carbons (Fsp3) is 1.00. The van der Waals surface area contributed by atoms with Crippen LogP contribution in [-0.4, -0.2) is 16.8 Å². The first-order valence-corrected chi connectivity index (χ1v) is 6.43. The van der Waals surface area contributed by atoms with Crippen LogP contribution in [0.4, 0.5) is 0 Å². The summed E-state index contributed by atoms with van der Waals surface area (Å²) in [5.74, 6) is 0. The number of nitro groups is 1. The van der Waals surface area contributed by atoms with Crippen LogP contribution in [0.5, 0.6) is 0 Å². The molecule has 0 bridgehead atoms. The van der Waals surface area contributed by atoms with Gasteiger partial charge in [-0.25, -0.2) is 0 Å². The van der Waals surface area contributed by atoms with Crippen LogP contribution in [0, 0.1) is 10.1 Å². The third-order valence-electron chi connectivity index (χ3n) is 3.35. The Morgan fingerprint density at radius 3 is 2.25 bits per heavy atom. The minimum atomic E-state index is -1.07. The monoisotopic (exact) mass is 229 g/mol. The van der Waals surface area contributed by atoms with Crippen LogP contribution in [0.2, 0.25) is 0 Å². The molecule has 0 aromatic heterocycles.